The molecule has 0 bridgehead atoms. The van der Waals surface area contributed by atoms with Crippen LogP contribution in [0.3, 0.4) is 0 Å². The van der Waals surface area contributed by atoms with E-state index in [4.69, 9.17) is 11.6 Å². The number of anilines is 1. The van der Waals surface area contributed by atoms with E-state index < -0.39 is 0 Å². The third kappa shape index (κ3) is 3.03. The van der Waals surface area contributed by atoms with Gasteiger partial charge in [-0.05, 0) is 47.5 Å². The summed E-state index contributed by atoms with van der Waals surface area (Å²) in [4.78, 5) is 2.60. The number of halogens is 2. The van der Waals surface area contributed by atoms with Crippen LogP contribution < -0.4 is 5.32 Å². The molecule has 0 atom stereocenters. The van der Waals surface area contributed by atoms with Crippen LogP contribution in [0, 0.1) is 13.8 Å². The molecule has 17 heavy (non-hydrogen) atoms. The molecule has 90 valence electrons. The maximum atomic E-state index is 6.16. The quantitative estimate of drug-likeness (QED) is 0.795. The molecule has 1 aromatic carbocycles. The Hall–Kier alpha value is -0.510. The van der Waals surface area contributed by atoms with Gasteiger partial charge >= 0.3 is 0 Å². The third-order valence-corrected chi connectivity index (χ3v) is 5.02. The Kier molecular flexibility index (Phi) is 4.13. The first kappa shape index (κ1) is 12.9. The van der Waals surface area contributed by atoms with E-state index in [1.54, 1.807) is 11.3 Å². The van der Waals surface area contributed by atoms with E-state index in [9.17, 15) is 0 Å². The van der Waals surface area contributed by atoms with E-state index in [0.717, 1.165) is 17.3 Å². The van der Waals surface area contributed by atoms with Gasteiger partial charge < -0.3 is 5.32 Å². The van der Waals surface area contributed by atoms with Crippen molar-refractivity contribution >= 4 is 44.6 Å². The first-order valence-electron chi connectivity index (χ1n) is 5.31. The highest BCUT2D eigenvalue weighted by Gasteiger charge is 2.05. The van der Waals surface area contributed by atoms with Gasteiger partial charge in [0.15, 0.2) is 0 Å². The van der Waals surface area contributed by atoms with Gasteiger partial charge in [0.1, 0.15) is 0 Å². The standard InChI is InChI=1S/C13H13BrClNS/c1-8-4-3-5-12(15)13(8)16-7-10-6-11(14)9(2)17-10/h3-6,16H,7H2,1-2H3. The molecule has 2 aromatic rings. The Labute approximate surface area is 119 Å². The summed E-state index contributed by atoms with van der Waals surface area (Å²) in [6, 6.07) is 8.09. The van der Waals surface area contributed by atoms with Crippen molar-refractivity contribution in [2.45, 2.75) is 20.4 Å². The van der Waals surface area contributed by atoms with Crippen molar-refractivity contribution in [3.8, 4) is 0 Å². The lowest BCUT2D eigenvalue weighted by Crippen LogP contribution is -1.99. The minimum atomic E-state index is 0.775. The minimum absolute atomic E-state index is 0.775. The zero-order chi connectivity index (χ0) is 12.4. The number of benzene rings is 1. The number of nitrogens with one attached hydrogen (secondary N) is 1. The normalized spacial score (nSPS) is 10.6. The van der Waals surface area contributed by atoms with E-state index in [2.05, 4.69) is 47.2 Å². The lowest BCUT2D eigenvalue weighted by Gasteiger charge is -2.10. The fourth-order valence-electron chi connectivity index (χ4n) is 1.64. The predicted molar refractivity (Wildman–Crippen MR) is 80.3 cm³/mol. The van der Waals surface area contributed by atoms with Crippen molar-refractivity contribution in [2.75, 3.05) is 5.32 Å². The lowest BCUT2D eigenvalue weighted by molar-refractivity contribution is 1.18. The Balaban J connectivity index is 2.12. The molecule has 2 rings (SSSR count). The van der Waals surface area contributed by atoms with Crippen molar-refractivity contribution in [3.05, 3.63) is 49.1 Å². The number of hydrogen-bond donors (Lipinski definition) is 1. The second-order valence-corrected chi connectivity index (χ2v) is 6.50. The topological polar surface area (TPSA) is 12.0 Å². The number of hydrogen-bond acceptors (Lipinski definition) is 2. The molecule has 0 aliphatic carbocycles. The summed E-state index contributed by atoms with van der Waals surface area (Å²) in [5.41, 5.74) is 2.20. The van der Waals surface area contributed by atoms with Gasteiger partial charge in [-0.25, -0.2) is 0 Å². The van der Waals surface area contributed by atoms with E-state index in [0.29, 0.717) is 0 Å². The molecule has 1 heterocycles. The van der Waals surface area contributed by atoms with Crippen LogP contribution in [0.2, 0.25) is 5.02 Å². The van der Waals surface area contributed by atoms with Crippen molar-refractivity contribution in [1.82, 2.24) is 0 Å². The maximum Gasteiger partial charge on any atom is 0.0640 e. The molecule has 1 aromatic heterocycles. The van der Waals surface area contributed by atoms with Crippen LogP contribution >= 0.6 is 38.9 Å². The fraction of sp³-hybridized carbons (Fsp3) is 0.231. The molecule has 0 fully saturated rings. The largest absolute Gasteiger partial charge is 0.379 e. The first-order chi connectivity index (χ1) is 8.08. The maximum absolute atomic E-state index is 6.16. The van der Waals surface area contributed by atoms with E-state index >= 15 is 0 Å². The predicted octanol–water partition coefficient (Wildman–Crippen LogP) is 5.39. The van der Waals surface area contributed by atoms with E-state index in [-0.39, 0.29) is 0 Å². The van der Waals surface area contributed by atoms with Gasteiger partial charge in [0.2, 0.25) is 0 Å². The average molecular weight is 331 g/mol. The Morgan fingerprint density at radius 1 is 1.35 bits per heavy atom. The molecule has 0 saturated carbocycles. The Bertz CT molecular complexity index is 496. The Morgan fingerprint density at radius 3 is 2.71 bits per heavy atom. The van der Waals surface area contributed by atoms with Gasteiger partial charge in [0.25, 0.3) is 0 Å². The second-order valence-electron chi connectivity index (χ2n) is 3.90. The molecular formula is C13H13BrClNS. The smallest absolute Gasteiger partial charge is 0.0640 e. The highest BCUT2D eigenvalue weighted by atomic mass is 79.9. The number of para-hydroxylation sites is 1. The molecule has 0 aliphatic heterocycles. The van der Waals surface area contributed by atoms with Gasteiger partial charge in [0.05, 0.1) is 10.7 Å². The van der Waals surface area contributed by atoms with Crippen LogP contribution in [0.25, 0.3) is 0 Å². The number of rotatable bonds is 3. The third-order valence-electron chi connectivity index (χ3n) is 2.57. The number of thiophene rings is 1. The molecular weight excluding hydrogens is 318 g/mol. The van der Waals surface area contributed by atoms with Crippen LogP contribution in [-0.2, 0) is 6.54 Å². The molecule has 0 radical (unpaired) electrons. The van der Waals surface area contributed by atoms with Crippen LogP contribution in [0.15, 0.2) is 28.7 Å². The van der Waals surface area contributed by atoms with Crippen LogP contribution in [-0.4, -0.2) is 0 Å². The molecule has 0 unspecified atom stereocenters. The monoisotopic (exact) mass is 329 g/mol. The SMILES string of the molecule is Cc1cccc(Cl)c1NCc1cc(Br)c(C)s1. The molecule has 1 N–H and O–H groups in total. The van der Waals surface area contributed by atoms with Gasteiger partial charge in [-0.2, -0.15) is 0 Å². The summed E-state index contributed by atoms with van der Waals surface area (Å²) in [5.74, 6) is 0. The van der Waals surface area contributed by atoms with Gasteiger partial charge in [-0.15, -0.1) is 11.3 Å². The molecule has 0 spiro atoms. The summed E-state index contributed by atoms with van der Waals surface area (Å²) in [6.07, 6.45) is 0. The Morgan fingerprint density at radius 2 is 2.12 bits per heavy atom. The summed E-state index contributed by atoms with van der Waals surface area (Å²) < 4.78 is 1.18. The first-order valence-corrected chi connectivity index (χ1v) is 7.30. The van der Waals surface area contributed by atoms with Crippen molar-refractivity contribution in [2.24, 2.45) is 0 Å². The van der Waals surface area contributed by atoms with Gasteiger partial charge in [-0.1, -0.05) is 23.7 Å². The average Bonchev–Trinajstić information content (AvgIpc) is 2.58. The van der Waals surface area contributed by atoms with Gasteiger partial charge in [-0.3, -0.25) is 0 Å². The summed E-state index contributed by atoms with van der Waals surface area (Å²) in [6.45, 7) is 4.98. The zero-order valence-corrected chi connectivity index (χ0v) is 12.8. The van der Waals surface area contributed by atoms with Crippen LogP contribution in [0.5, 0.6) is 0 Å². The molecule has 1 nitrogen and oxygen atoms in total. The highest BCUT2D eigenvalue weighted by Crippen LogP contribution is 2.29. The van der Waals surface area contributed by atoms with Crippen molar-refractivity contribution in [3.63, 3.8) is 0 Å². The van der Waals surface area contributed by atoms with E-state index in [1.807, 2.05) is 12.1 Å². The number of aryl methyl sites for hydroxylation is 2. The lowest BCUT2D eigenvalue weighted by atomic mass is 10.2. The summed E-state index contributed by atoms with van der Waals surface area (Å²) in [7, 11) is 0. The molecule has 4 heteroatoms. The molecule has 0 saturated heterocycles. The molecule has 0 amide bonds. The van der Waals surface area contributed by atoms with Crippen molar-refractivity contribution < 1.29 is 0 Å². The van der Waals surface area contributed by atoms with Crippen LogP contribution in [0.4, 0.5) is 5.69 Å². The second kappa shape index (κ2) is 5.42. The van der Waals surface area contributed by atoms with Gasteiger partial charge in [0, 0.05) is 20.8 Å². The van der Waals surface area contributed by atoms with Crippen LogP contribution in [0.1, 0.15) is 15.3 Å². The highest BCUT2D eigenvalue weighted by molar-refractivity contribution is 9.10. The summed E-state index contributed by atoms with van der Waals surface area (Å²) in [5, 5.41) is 4.17. The summed E-state index contributed by atoms with van der Waals surface area (Å²) >= 11 is 11.5. The molecule has 0 aliphatic rings. The van der Waals surface area contributed by atoms with Crippen molar-refractivity contribution in [1.29, 1.82) is 0 Å². The minimum Gasteiger partial charge on any atom is -0.379 e. The fourth-order valence-corrected chi connectivity index (χ4v) is 3.47. The zero-order valence-electron chi connectivity index (χ0n) is 9.68. The van der Waals surface area contributed by atoms with E-state index in [1.165, 1.54) is 19.8 Å².